The summed E-state index contributed by atoms with van der Waals surface area (Å²) in [6.07, 6.45) is 0.702. The Balaban J connectivity index is 1.89. The molecule has 0 saturated carbocycles. The molecule has 0 aliphatic rings. The van der Waals surface area contributed by atoms with Crippen LogP contribution in [0, 0.1) is 0 Å². The summed E-state index contributed by atoms with van der Waals surface area (Å²) in [7, 11) is 1.95. The molecule has 1 unspecified atom stereocenters. The van der Waals surface area contributed by atoms with Crippen molar-refractivity contribution in [3.8, 4) is 0 Å². The number of halogens is 2. The number of likely N-dealkylation sites (N-methyl/N-ethyl adjacent to an activating group) is 1. The predicted molar refractivity (Wildman–Crippen MR) is 91.4 cm³/mol. The molecular weight excluding hydrogens is 396 g/mol. The Kier molecular flexibility index (Phi) is 4.42. The molecular formula is C16H14Br2N2O. The van der Waals surface area contributed by atoms with Gasteiger partial charge in [-0.1, -0.05) is 44.0 Å². The standard InChI is InChI=1S/C16H14Br2N2O/c1-19-14(10-6-11(17)8-12(18)7-10)9-16-20-13-4-2-3-5-15(13)21-16/h2-8,14,19H,9H2,1H3. The van der Waals surface area contributed by atoms with Gasteiger partial charge in [-0.05, 0) is 42.9 Å². The van der Waals surface area contributed by atoms with E-state index in [4.69, 9.17) is 4.42 Å². The molecule has 5 heteroatoms. The molecule has 0 spiro atoms. The van der Waals surface area contributed by atoms with Crippen LogP contribution in [0.15, 0.2) is 55.8 Å². The smallest absolute Gasteiger partial charge is 0.197 e. The monoisotopic (exact) mass is 408 g/mol. The molecule has 0 aliphatic heterocycles. The Morgan fingerprint density at radius 1 is 1.14 bits per heavy atom. The highest BCUT2D eigenvalue weighted by Crippen LogP contribution is 2.27. The molecule has 3 aromatic rings. The van der Waals surface area contributed by atoms with E-state index in [-0.39, 0.29) is 6.04 Å². The molecule has 3 rings (SSSR count). The van der Waals surface area contributed by atoms with Crippen molar-refractivity contribution in [3.63, 3.8) is 0 Å². The second kappa shape index (κ2) is 6.30. The van der Waals surface area contributed by atoms with Gasteiger partial charge in [0, 0.05) is 21.4 Å². The van der Waals surface area contributed by atoms with E-state index in [0.29, 0.717) is 6.42 Å². The zero-order chi connectivity index (χ0) is 14.8. The summed E-state index contributed by atoms with van der Waals surface area (Å²) >= 11 is 7.05. The fourth-order valence-electron chi connectivity index (χ4n) is 2.34. The predicted octanol–water partition coefficient (Wildman–Crippen LogP) is 4.86. The summed E-state index contributed by atoms with van der Waals surface area (Å²) in [5.41, 5.74) is 2.91. The summed E-state index contributed by atoms with van der Waals surface area (Å²) in [6.45, 7) is 0. The van der Waals surface area contributed by atoms with Crippen molar-refractivity contribution < 1.29 is 4.42 Å². The number of oxazole rings is 1. The number of nitrogens with one attached hydrogen (secondary N) is 1. The highest BCUT2D eigenvalue weighted by molar-refractivity contribution is 9.11. The molecule has 1 atom stereocenters. The lowest BCUT2D eigenvalue weighted by molar-refractivity contribution is 0.473. The molecule has 0 bridgehead atoms. The Bertz CT molecular complexity index is 717. The van der Waals surface area contributed by atoms with Gasteiger partial charge in [0.2, 0.25) is 0 Å². The number of nitrogens with zero attached hydrogens (tertiary/aromatic N) is 1. The largest absolute Gasteiger partial charge is 0.441 e. The second-order valence-electron chi connectivity index (χ2n) is 4.82. The number of fused-ring (bicyclic) bond motifs is 1. The number of hydrogen-bond donors (Lipinski definition) is 1. The third-order valence-corrected chi connectivity index (χ3v) is 4.27. The SMILES string of the molecule is CNC(Cc1nc2ccccc2o1)c1cc(Br)cc(Br)c1. The van der Waals surface area contributed by atoms with E-state index in [1.54, 1.807) is 0 Å². The van der Waals surface area contributed by atoms with Crippen molar-refractivity contribution in [1.82, 2.24) is 10.3 Å². The van der Waals surface area contributed by atoms with Crippen LogP contribution in [0.4, 0.5) is 0 Å². The molecule has 108 valence electrons. The quantitative estimate of drug-likeness (QED) is 0.668. The third-order valence-electron chi connectivity index (χ3n) is 3.35. The van der Waals surface area contributed by atoms with E-state index < -0.39 is 0 Å². The van der Waals surface area contributed by atoms with Crippen LogP contribution >= 0.6 is 31.9 Å². The number of hydrogen-bond acceptors (Lipinski definition) is 3. The van der Waals surface area contributed by atoms with Crippen LogP contribution in [0.2, 0.25) is 0 Å². The second-order valence-corrected chi connectivity index (χ2v) is 6.65. The average molecular weight is 410 g/mol. The van der Waals surface area contributed by atoms with Gasteiger partial charge in [-0.3, -0.25) is 0 Å². The lowest BCUT2D eigenvalue weighted by Crippen LogP contribution is -2.19. The van der Waals surface area contributed by atoms with Gasteiger partial charge in [-0.25, -0.2) is 4.98 Å². The molecule has 0 saturated heterocycles. The maximum Gasteiger partial charge on any atom is 0.197 e. The lowest BCUT2D eigenvalue weighted by atomic mass is 10.0. The summed E-state index contributed by atoms with van der Waals surface area (Å²) in [5, 5.41) is 3.32. The van der Waals surface area contributed by atoms with Gasteiger partial charge in [0.25, 0.3) is 0 Å². The summed E-state index contributed by atoms with van der Waals surface area (Å²) in [6, 6.07) is 14.2. The number of benzene rings is 2. The minimum absolute atomic E-state index is 0.145. The summed E-state index contributed by atoms with van der Waals surface area (Å²) in [5.74, 6) is 0.742. The topological polar surface area (TPSA) is 38.1 Å². The van der Waals surface area contributed by atoms with Crippen molar-refractivity contribution in [1.29, 1.82) is 0 Å². The molecule has 1 heterocycles. The molecule has 3 nitrogen and oxygen atoms in total. The highest BCUT2D eigenvalue weighted by Gasteiger charge is 2.15. The van der Waals surface area contributed by atoms with Gasteiger partial charge in [-0.2, -0.15) is 0 Å². The first-order chi connectivity index (χ1) is 10.2. The van der Waals surface area contributed by atoms with Crippen molar-refractivity contribution >= 4 is 43.0 Å². The van der Waals surface area contributed by atoms with E-state index in [0.717, 1.165) is 25.9 Å². The fraction of sp³-hybridized carbons (Fsp3) is 0.188. The first kappa shape index (κ1) is 14.8. The molecule has 0 radical (unpaired) electrons. The Morgan fingerprint density at radius 3 is 2.52 bits per heavy atom. The van der Waals surface area contributed by atoms with Crippen LogP contribution < -0.4 is 5.32 Å². The molecule has 0 amide bonds. The lowest BCUT2D eigenvalue weighted by Gasteiger charge is -2.15. The van der Waals surface area contributed by atoms with E-state index in [1.807, 2.05) is 37.4 Å². The van der Waals surface area contributed by atoms with Crippen LogP contribution in [0.3, 0.4) is 0 Å². The molecule has 2 aromatic carbocycles. The number of aromatic nitrogens is 1. The van der Waals surface area contributed by atoms with Gasteiger partial charge in [-0.15, -0.1) is 0 Å². The highest BCUT2D eigenvalue weighted by atomic mass is 79.9. The number of rotatable bonds is 4. The van der Waals surface area contributed by atoms with Crippen LogP contribution in [0.1, 0.15) is 17.5 Å². The Morgan fingerprint density at radius 2 is 1.86 bits per heavy atom. The van der Waals surface area contributed by atoms with Crippen LogP contribution in [0.25, 0.3) is 11.1 Å². The van der Waals surface area contributed by atoms with Crippen molar-refractivity contribution in [2.24, 2.45) is 0 Å². The normalized spacial score (nSPS) is 12.7. The van der Waals surface area contributed by atoms with Gasteiger partial charge in [0.1, 0.15) is 5.52 Å². The minimum Gasteiger partial charge on any atom is -0.441 e. The maximum absolute atomic E-state index is 5.81. The zero-order valence-electron chi connectivity index (χ0n) is 11.4. The minimum atomic E-state index is 0.145. The van der Waals surface area contributed by atoms with E-state index in [2.05, 4.69) is 54.3 Å². The Labute approximate surface area is 140 Å². The molecule has 1 aromatic heterocycles. The maximum atomic E-state index is 5.81. The summed E-state index contributed by atoms with van der Waals surface area (Å²) in [4.78, 5) is 4.54. The molecule has 21 heavy (non-hydrogen) atoms. The molecule has 0 aliphatic carbocycles. The van der Waals surface area contributed by atoms with Crippen LogP contribution in [-0.2, 0) is 6.42 Å². The van der Waals surface area contributed by atoms with Crippen molar-refractivity contribution in [3.05, 3.63) is 62.9 Å². The average Bonchev–Trinajstić information content (AvgIpc) is 2.86. The Hall–Kier alpha value is -1.17. The fourth-order valence-corrected chi connectivity index (χ4v) is 3.67. The van der Waals surface area contributed by atoms with Gasteiger partial charge in [0.15, 0.2) is 11.5 Å². The van der Waals surface area contributed by atoms with E-state index in [9.17, 15) is 0 Å². The van der Waals surface area contributed by atoms with E-state index >= 15 is 0 Å². The van der Waals surface area contributed by atoms with Crippen LogP contribution in [-0.4, -0.2) is 12.0 Å². The first-order valence-corrected chi connectivity index (χ1v) is 8.22. The van der Waals surface area contributed by atoms with Crippen LogP contribution in [0.5, 0.6) is 0 Å². The van der Waals surface area contributed by atoms with Crippen molar-refractivity contribution in [2.75, 3.05) is 7.05 Å². The third kappa shape index (κ3) is 3.36. The van der Waals surface area contributed by atoms with E-state index in [1.165, 1.54) is 5.56 Å². The van der Waals surface area contributed by atoms with Gasteiger partial charge < -0.3 is 9.73 Å². The number of para-hydroxylation sites is 2. The molecule has 0 fully saturated rings. The van der Waals surface area contributed by atoms with Gasteiger partial charge >= 0.3 is 0 Å². The zero-order valence-corrected chi connectivity index (χ0v) is 14.6. The van der Waals surface area contributed by atoms with Gasteiger partial charge in [0.05, 0.1) is 0 Å². The molecule has 1 N–H and O–H groups in total. The van der Waals surface area contributed by atoms with Crippen molar-refractivity contribution in [2.45, 2.75) is 12.5 Å². The first-order valence-electron chi connectivity index (χ1n) is 6.63. The summed E-state index contributed by atoms with van der Waals surface area (Å²) < 4.78 is 7.90.